The number of fused-ring (bicyclic) bond motifs is 3. The van der Waals surface area contributed by atoms with Crippen LogP contribution < -0.4 is 4.31 Å². The molecule has 0 heterocycles. The number of para-hydroxylation sites is 1. The minimum atomic E-state index is 0.0443. The second-order valence-electron chi connectivity index (χ2n) is 6.71. The summed E-state index contributed by atoms with van der Waals surface area (Å²) in [6.45, 7) is 4.65. The topological polar surface area (TPSA) is 3.24 Å². The SMILES string of the molecule is CSN(c1ccccc1)c1ccc2c(c1)C(C)(C)c1ccccc1-2. The predicted octanol–water partition coefficient (Wildman–Crippen LogP) is 6.41. The summed E-state index contributed by atoms with van der Waals surface area (Å²) >= 11 is 1.74. The Morgan fingerprint density at radius 3 is 2.12 bits per heavy atom. The van der Waals surface area contributed by atoms with Crippen LogP contribution >= 0.6 is 11.9 Å². The Bertz CT molecular complexity index is 883. The van der Waals surface area contributed by atoms with E-state index in [0.29, 0.717) is 0 Å². The van der Waals surface area contributed by atoms with Gasteiger partial charge in [0.05, 0.1) is 11.4 Å². The van der Waals surface area contributed by atoms with Crippen LogP contribution in [0.25, 0.3) is 11.1 Å². The summed E-state index contributed by atoms with van der Waals surface area (Å²) in [6, 6.07) is 26.2. The van der Waals surface area contributed by atoms with Crippen molar-refractivity contribution in [1.82, 2.24) is 0 Å². The van der Waals surface area contributed by atoms with Crippen LogP contribution in [0.5, 0.6) is 0 Å². The zero-order chi connectivity index (χ0) is 16.7. The van der Waals surface area contributed by atoms with Crippen molar-refractivity contribution < 1.29 is 0 Å². The third-order valence-electron chi connectivity index (χ3n) is 4.97. The smallest absolute Gasteiger partial charge is 0.0528 e. The predicted molar refractivity (Wildman–Crippen MR) is 106 cm³/mol. The Morgan fingerprint density at radius 2 is 1.38 bits per heavy atom. The van der Waals surface area contributed by atoms with Crippen molar-refractivity contribution in [2.75, 3.05) is 10.6 Å². The maximum atomic E-state index is 2.36. The average molecular weight is 331 g/mol. The molecule has 24 heavy (non-hydrogen) atoms. The van der Waals surface area contributed by atoms with Crippen LogP contribution in [0.3, 0.4) is 0 Å². The number of hydrogen-bond acceptors (Lipinski definition) is 2. The van der Waals surface area contributed by atoms with Gasteiger partial charge in [0.2, 0.25) is 0 Å². The van der Waals surface area contributed by atoms with Gasteiger partial charge in [-0.05, 0) is 58.5 Å². The van der Waals surface area contributed by atoms with Crippen molar-refractivity contribution in [3.05, 3.63) is 83.9 Å². The van der Waals surface area contributed by atoms with E-state index in [1.165, 1.54) is 33.6 Å². The van der Waals surface area contributed by atoms with Crippen LogP contribution in [0.4, 0.5) is 11.4 Å². The highest BCUT2D eigenvalue weighted by atomic mass is 32.2. The Morgan fingerprint density at radius 1 is 0.708 bits per heavy atom. The van der Waals surface area contributed by atoms with Crippen LogP contribution in [-0.4, -0.2) is 6.26 Å². The minimum absolute atomic E-state index is 0.0443. The molecule has 1 nitrogen and oxygen atoms in total. The van der Waals surface area contributed by atoms with Gasteiger partial charge in [-0.2, -0.15) is 0 Å². The first-order valence-corrected chi connectivity index (χ1v) is 9.45. The zero-order valence-corrected chi connectivity index (χ0v) is 15.1. The number of benzene rings is 3. The molecule has 0 bridgehead atoms. The summed E-state index contributed by atoms with van der Waals surface area (Å²) < 4.78 is 2.29. The molecule has 1 aliphatic carbocycles. The first kappa shape index (κ1) is 15.3. The van der Waals surface area contributed by atoms with E-state index in [4.69, 9.17) is 0 Å². The van der Waals surface area contributed by atoms with Gasteiger partial charge >= 0.3 is 0 Å². The highest BCUT2D eigenvalue weighted by Gasteiger charge is 2.35. The molecule has 0 N–H and O–H groups in total. The van der Waals surface area contributed by atoms with E-state index >= 15 is 0 Å². The van der Waals surface area contributed by atoms with E-state index in [-0.39, 0.29) is 5.41 Å². The Kier molecular flexibility index (Phi) is 3.65. The minimum Gasteiger partial charge on any atom is -0.285 e. The fourth-order valence-corrected chi connectivity index (χ4v) is 4.40. The fraction of sp³-hybridized carbons (Fsp3) is 0.182. The molecule has 0 aliphatic heterocycles. The molecule has 0 spiro atoms. The van der Waals surface area contributed by atoms with Crippen LogP contribution in [0.15, 0.2) is 72.8 Å². The molecule has 0 saturated carbocycles. The van der Waals surface area contributed by atoms with E-state index in [0.717, 1.165) is 0 Å². The third kappa shape index (κ3) is 2.25. The maximum absolute atomic E-state index is 2.36. The Hall–Kier alpha value is -2.19. The molecule has 0 unspecified atom stereocenters. The second kappa shape index (κ2) is 5.71. The molecule has 0 atom stereocenters. The van der Waals surface area contributed by atoms with E-state index < -0.39 is 0 Å². The van der Waals surface area contributed by atoms with Crippen LogP contribution in [0.1, 0.15) is 25.0 Å². The van der Waals surface area contributed by atoms with Crippen molar-refractivity contribution in [2.45, 2.75) is 19.3 Å². The summed E-state index contributed by atoms with van der Waals surface area (Å²) in [6.07, 6.45) is 2.13. The molecule has 0 amide bonds. The van der Waals surface area contributed by atoms with Gasteiger partial charge in [-0.3, -0.25) is 4.31 Å². The van der Waals surface area contributed by atoms with Gasteiger partial charge < -0.3 is 0 Å². The van der Waals surface area contributed by atoms with Crippen molar-refractivity contribution >= 4 is 23.3 Å². The fourth-order valence-electron chi connectivity index (χ4n) is 3.74. The monoisotopic (exact) mass is 331 g/mol. The Balaban J connectivity index is 1.84. The maximum Gasteiger partial charge on any atom is 0.0528 e. The molecule has 4 rings (SSSR count). The van der Waals surface area contributed by atoms with E-state index in [1.54, 1.807) is 11.9 Å². The lowest BCUT2D eigenvalue weighted by Gasteiger charge is -2.25. The normalized spacial score (nSPS) is 14.1. The van der Waals surface area contributed by atoms with Crippen molar-refractivity contribution in [3.8, 4) is 11.1 Å². The summed E-state index contributed by atoms with van der Waals surface area (Å²) in [5.41, 5.74) is 8.06. The molecule has 0 radical (unpaired) electrons. The number of nitrogens with zero attached hydrogens (tertiary/aromatic N) is 1. The lowest BCUT2D eigenvalue weighted by atomic mass is 9.82. The van der Waals surface area contributed by atoms with Crippen molar-refractivity contribution in [3.63, 3.8) is 0 Å². The zero-order valence-electron chi connectivity index (χ0n) is 14.3. The van der Waals surface area contributed by atoms with E-state index in [2.05, 4.69) is 97.2 Å². The van der Waals surface area contributed by atoms with E-state index in [9.17, 15) is 0 Å². The molecular formula is C22H21NS. The van der Waals surface area contributed by atoms with Gasteiger partial charge in [-0.1, -0.05) is 62.4 Å². The van der Waals surface area contributed by atoms with E-state index in [1.807, 2.05) is 0 Å². The molecule has 3 aromatic rings. The largest absolute Gasteiger partial charge is 0.285 e. The van der Waals surface area contributed by atoms with Gasteiger partial charge in [0.1, 0.15) is 0 Å². The van der Waals surface area contributed by atoms with Crippen molar-refractivity contribution in [2.24, 2.45) is 0 Å². The van der Waals surface area contributed by atoms with Crippen LogP contribution in [0, 0.1) is 0 Å². The standard InChI is InChI=1S/C22H21NS/c1-22(2)20-12-8-7-11-18(20)19-14-13-17(15-21(19)22)23(24-3)16-9-5-4-6-10-16/h4-15H,1-3H3. The lowest BCUT2D eigenvalue weighted by molar-refractivity contribution is 0.660. The lowest BCUT2D eigenvalue weighted by Crippen LogP contribution is -2.15. The molecule has 120 valence electrons. The summed E-state index contributed by atoms with van der Waals surface area (Å²) in [4.78, 5) is 0. The average Bonchev–Trinajstić information content (AvgIpc) is 2.85. The summed E-state index contributed by atoms with van der Waals surface area (Å²) in [5.74, 6) is 0. The number of anilines is 2. The molecule has 0 aromatic heterocycles. The quantitative estimate of drug-likeness (QED) is 0.510. The molecule has 1 aliphatic rings. The molecule has 3 aromatic carbocycles. The van der Waals surface area contributed by atoms with Gasteiger partial charge in [-0.25, -0.2) is 0 Å². The van der Waals surface area contributed by atoms with Gasteiger partial charge in [0.15, 0.2) is 0 Å². The first-order chi connectivity index (χ1) is 11.6. The molecule has 0 saturated heterocycles. The Labute approximate surface area is 148 Å². The number of hydrogen-bond donors (Lipinski definition) is 0. The van der Waals surface area contributed by atoms with Crippen molar-refractivity contribution in [1.29, 1.82) is 0 Å². The van der Waals surface area contributed by atoms with Crippen LogP contribution in [-0.2, 0) is 5.41 Å². The van der Waals surface area contributed by atoms with Crippen LogP contribution in [0.2, 0.25) is 0 Å². The van der Waals surface area contributed by atoms with Gasteiger partial charge in [0, 0.05) is 11.7 Å². The molecule has 2 heteroatoms. The number of rotatable bonds is 3. The second-order valence-corrected chi connectivity index (χ2v) is 7.44. The highest BCUT2D eigenvalue weighted by Crippen LogP contribution is 2.50. The molecular weight excluding hydrogens is 310 g/mol. The highest BCUT2D eigenvalue weighted by molar-refractivity contribution is 8.00. The van der Waals surface area contributed by atoms with Gasteiger partial charge in [-0.15, -0.1) is 0 Å². The first-order valence-electron chi connectivity index (χ1n) is 8.26. The summed E-state index contributed by atoms with van der Waals surface area (Å²) in [7, 11) is 0. The summed E-state index contributed by atoms with van der Waals surface area (Å²) in [5, 5.41) is 0. The molecule has 0 fully saturated rings. The van der Waals surface area contributed by atoms with Gasteiger partial charge in [0.25, 0.3) is 0 Å². The third-order valence-corrected chi connectivity index (χ3v) is 5.76.